The summed E-state index contributed by atoms with van der Waals surface area (Å²) >= 11 is 0. The van der Waals surface area contributed by atoms with Gasteiger partial charge in [-0.3, -0.25) is 9.59 Å². The lowest BCUT2D eigenvalue weighted by molar-refractivity contribution is -0.173. The third kappa shape index (κ3) is 2.78. The van der Waals surface area contributed by atoms with Crippen LogP contribution in [0.3, 0.4) is 0 Å². The second kappa shape index (κ2) is 7.36. The van der Waals surface area contributed by atoms with E-state index in [1.807, 2.05) is 13.0 Å². The summed E-state index contributed by atoms with van der Waals surface area (Å²) in [5.41, 5.74) is 0.623. The first-order valence-corrected chi connectivity index (χ1v) is 11.4. The van der Waals surface area contributed by atoms with Crippen LogP contribution in [0.2, 0.25) is 0 Å². The van der Waals surface area contributed by atoms with Gasteiger partial charge in [0, 0.05) is 18.3 Å². The highest BCUT2D eigenvalue weighted by Gasteiger charge is 2.65. The van der Waals surface area contributed by atoms with Gasteiger partial charge in [-0.15, -0.1) is 6.42 Å². The Morgan fingerprint density at radius 3 is 2.71 bits per heavy atom. The van der Waals surface area contributed by atoms with Gasteiger partial charge in [-0.2, -0.15) is 0 Å². The van der Waals surface area contributed by atoms with Crippen LogP contribution in [0.1, 0.15) is 84.5 Å². The molecule has 3 saturated carbocycles. The molecule has 4 aliphatic rings. The Morgan fingerprint density at radius 2 is 2.00 bits per heavy atom. The molecule has 3 heteroatoms. The Balaban J connectivity index is 1.63. The van der Waals surface area contributed by atoms with Gasteiger partial charge in [0.2, 0.25) is 0 Å². The summed E-state index contributed by atoms with van der Waals surface area (Å²) in [7, 11) is 0. The van der Waals surface area contributed by atoms with Crippen LogP contribution < -0.4 is 0 Å². The topological polar surface area (TPSA) is 43.4 Å². The van der Waals surface area contributed by atoms with E-state index in [0.717, 1.165) is 57.8 Å². The monoisotopic (exact) mass is 382 g/mol. The first-order valence-electron chi connectivity index (χ1n) is 11.4. The molecule has 0 radical (unpaired) electrons. The van der Waals surface area contributed by atoms with Crippen LogP contribution in [0.5, 0.6) is 0 Å². The Labute approximate surface area is 169 Å². The number of esters is 1. The number of carbonyl (C=O) groups is 2. The number of terminal acetylenes is 1. The van der Waals surface area contributed by atoms with Crippen molar-refractivity contribution in [2.45, 2.75) is 90.1 Å². The second-order valence-electron chi connectivity index (χ2n) is 9.59. The molecule has 0 aromatic heterocycles. The molecule has 0 heterocycles. The van der Waals surface area contributed by atoms with E-state index >= 15 is 0 Å². The molecule has 6 atom stereocenters. The third-order valence-corrected chi connectivity index (χ3v) is 8.73. The van der Waals surface area contributed by atoms with Gasteiger partial charge in [-0.1, -0.05) is 25.3 Å². The summed E-state index contributed by atoms with van der Waals surface area (Å²) in [4.78, 5) is 24.3. The fourth-order valence-corrected chi connectivity index (χ4v) is 7.57. The molecule has 0 aromatic rings. The molecule has 3 nitrogen and oxygen atoms in total. The number of carbonyl (C=O) groups excluding carboxylic acids is 2. The summed E-state index contributed by atoms with van der Waals surface area (Å²) in [5, 5.41) is 0. The quantitative estimate of drug-likeness (QED) is 0.494. The molecule has 0 aromatic carbocycles. The molecular formula is C25H34O3. The van der Waals surface area contributed by atoms with Crippen molar-refractivity contribution in [3.63, 3.8) is 0 Å². The maximum Gasteiger partial charge on any atom is 0.307 e. The largest absolute Gasteiger partial charge is 0.445 e. The highest BCUT2D eigenvalue weighted by molar-refractivity contribution is 5.91. The second-order valence-corrected chi connectivity index (χ2v) is 9.59. The number of ether oxygens (including phenoxy) is 1. The zero-order valence-corrected chi connectivity index (χ0v) is 17.5. The lowest BCUT2D eigenvalue weighted by Gasteiger charge is -2.56. The van der Waals surface area contributed by atoms with E-state index in [0.29, 0.717) is 42.3 Å². The molecule has 0 amide bonds. The number of hydrogen-bond acceptors (Lipinski definition) is 3. The first-order chi connectivity index (χ1) is 13.5. The van der Waals surface area contributed by atoms with Gasteiger partial charge in [-0.25, -0.2) is 0 Å². The normalized spacial score (nSPS) is 41.9. The van der Waals surface area contributed by atoms with Crippen molar-refractivity contribution in [3.8, 4) is 12.3 Å². The predicted molar refractivity (Wildman–Crippen MR) is 109 cm³/mol. The van der Waals surface area contributed by atoms with Gasteiger partial charge < -0.3 is 4.74 Å². The van der Waals surface area contributed by atoms with Gasteiger partial charge in [0.05, 0.1) is 0 Å². The van der Waals surface area contributed by atoms with Gasteiger partial charge in [0.25, 0.3) is 0 Å². The van der Waals surface area contributed by atoms with E-state index < -0.39 is 5.60 Å². The van der Waals surface area contributed by atoms with E-state index in [9.17, 15) is 9.59 Å². The smallest absolute Gasteiger partial charge is 0.307 e. The summed E-state index contributed by atoms with van der Waals surface area (Å²) in [6.07, 6.45) is 18.3. The Kier molecular flexibility index (Phi) is 5.19. The molecule has 6 unspecified atom stereocenters. The molecule has 0 aliphatic heterocycles. The number of rotatable bonds is 4. The molecule has 152 valence electrons. The molecule has 0 bridgehead atoms. The lowest BCUT2D eigenvalue weighted by atomic mass is 9.49. The summed E-state index contributed by atoms with van der Waals surface area (Å²) in [5.74, 6) is 5.68. The van der Waals surface area contributed by atoms with Crippen molar-refractivity contribution < 1.29 is 14.3 Å². The predicted octanol–water partition coefficient (Wildman–Crippen LogP) is 5.23. The van der Waals surface area contributed by atoms with Gasteiger partial charge in [-0.05, 0) is 87.5 Å². The molecule has 0 saturated heterocycles. The van der Waals surface area contributed by atoms with Crippen molar-refractivity contribution in [1.82, 2.24) is 0 Å². The molecule has 3 fully saturated rings. The van der Waals surface area contributed by atoms with Crippen LogP contribution in [0, 0.1) is 41.4 Å². The first kappa shape index (κ1) is 19.7. The van der Waals surface area contributed by atoms with E-state index in [-0.39, 0.29) is 11.4 Å². The molecular weight excluding hydrogens is 348 g/mol. The van der Waals surface area contributed by atoms with Crippen LogP contribution in [0.15, 0.2) is 11.6 Å². The standard InChI is InChI=1S/C25H34O3/c1-4-7-23(27)28-25(6-3)15-13-22-21-10-8-17-16-18(26)9-11-19(17)20(21)12-14-24(22,25)5-2/h3,16,19-22H,4-5,7-15H2,1-2H3. The Bertz CT molecular complexity index is 729. The molecule has 0 N–H and O–H groups in total. The molecule has 0 spiro atoms. The summed E-state index contributed by atoms with van der Waals surface area (Å²) < 4.78 is 6.12. The van der Waals surface area contributed by atoms with Crippen molar-refractivity contribution in [1.29, 1.82) is 0 Å². The van der Waals surface area contributed by atoms with Crippen LogP contribution in [-0.2, 0) is 14.3 Å². The van der Waals surface area contributed by atoms with Crippen molar-refractivity contribution in [2.24, 2.45) is 29.1 Å². The minimum Gasteiger partial charge on any atom is -0.445 e. The third-order valence-electron chi connectivity index (χ3n) is 8.73. The zero-order chi connectivity index (χ0) is 19.9. The molecule has 28 heavy (non-hydrogen) atoms. The highest BCUT2D eigenvalue weighted by atomic mass is 16.6. The van der Waals surface area contributed by atoms with E-state index in [1.165, 1.54) is 5.57 Å². The fraction of sp³-hybridized carbons (Fsp3) is 0.760. The van der Waals surface area contributed by atoms with Gasteiger partial charge in [0.15, 0.2) is 11.4 Å². The average molecular weight is 383 g/mol. The minimum absolute atomic E-state index is 0.0714. The summed E-state index contributed by atoms with van der Waals surface area (Å²) in [6.45, 7) is 4.25. The number of hydrogen-bond donors (Lipinski definition) is 0. The average Bonchev–Trinajstić information content (AvgIpc) is 3.02. The van der Waals surface area contributed by atoms with Crippen LogP contribution in [-0.4, -0.2) is 17.4 Å². The van der Waals surface area contributed by atoms with E-state index in [4.69, 9.17) is 11.2 Å². The number of allylic oxidation sites excluding steroid dienone is 1. The molecule has 4 rings (SSSR count). The lowest BCUT2D eigenvalue weighted by Crippen LogP contribution is -2.55. The molecule has 4 aliphatic carbocycles. The maximum atomic E-state index is 12.4. The highest BCUT2D eigenvalue weighted by Crippen LogP contribution is 2.67. The van der Waals surface area contributed by atoms with Crippen LogP contribution in [0.4, 0.5) is 0 Å². The number of ketones is 1. The zero-order valence-electron chi connectivity index (χ0n) is 17.5. The van der Waals surface area contributed by atoms with E-state index in [2.05, 4.69) is 12.8 Å². The minimum atomic E-state index is -0.720. The van der Waals surface area contributed by atoms with Crippen LogP contribution >= 0.6 is 0 Å². The van der Waals surface area contributed by atoms with Crippen molar-refractivity contribution in [3.05, 3.63) is 11.6 Å². The van der Waals surface area contributed by atoms with Gasteiger partial charge in [0.1, 0.15) is 0 Å². The SMILES string of the molecule is C#CC1(OC(=O)CCC)CCC2C3CCC4=CC(=O)CCC4C3CCC21CC. The van der Waals surface area contributed by atoms with Crippen molar-refractivity contribution >= 4 is 11.8 Å². The Hall–Kier alpha value is -1.56. The van der Waals surface area contributed by atoms with Crippen molar-refractivity contribution in [2.75, 3.05) is 0 Å². The Morgan fingerprint density at radius 1 is 1.18 bits per heavy atom. The van der Waals surface area contributed by atoms with Gasteiger partial charge >= 0.3 is 5.97 Å². The number of fused-ring (bicyclic) bond motifs is 5. The fourth-order valence-electron chi connectivity index (χ4n) is 7.57. The van der Waals surface area contributed by atoms with E-state index in [1.54, 1.807) is 0 Å². The maximum absolute atomic E-state index is 12.4. The summed E-state index contributed by atoms with van der Waals surface area (Å²) in [6, 6.07) is 0. The van der Waals surface area contributed by atoms with Crippen LogP contribution in [0.25, 0.3) is 0 Å².